The molecule has 0 saturated carbocycles. The number of hydrogen-bond acceptors (Lipinski definition) is 6. The highest BCUT2D eigenvalue weighted by atomic mass is 32.2. The zero-order chi connectivity index (χ0) is 20.4. The van der Waals surface area contributed by atoms with E-state index in [4.69, 9.17) is 9.47 Å². The molecule has 1 aromatic carbocycles. The van der Waals surface area contributed by atoms with Crippen LogP contribution in [0.1, 0.15) is 27.7 Å². The number of ether oxygens (including phenoxy) is 2. The van der Waals surface area contributed by atoms with Crippen molar-refractivity contribution in [3.63, 3.8) is 0 Å². The SMILES string of the molecule is C/C=C/C(=O)OCC(=O)Nc1cc(S(=O)(=O)N(CC)CC)ccc1OCC. The number of anilines is 1. The molecule has 0 fully saturated rings. The zero-order valence-corrected chi connectivity index (χ0v) is 16.8. The van der Waals surface area contributed by atoms with Crippen LogP contribution in [0.2, 0.25) is 0 Å². The molecule has 0 saturated heterocycles. The van der Waals surface area contributed by atoms with E-state index < -0.39 is 28.5 Å². The fourth-order valence-corrected chi connectivity index (χ4v) is 3.75. The lowest BCUT2D eigenvalue weighted by Gasteiger charge is -2.20. The Morgan fingerprint density at radius 1 is 1.19 bits per heavy atom. The van der Waals surface area contributed by atoms with Crippen LogP contribution < -0.4 is 10.1 Å². The van der Waals surface area contributed by atoms with Crippen molar-refractivity contribution in [2.24, 2.45) is 0 Å². The molecule has 0 radical (unpaired) electrons. The third kappa shape index (κ3) is 6.37. The van der Waals surface area contributed by atoms with Gasteiger partial charge in [-0.1, -0.05) is 19.9 Å². The highest BCUT2D eigenvalue weighted by Crippen LogP contribution is 2.29. The Kier molecular flexibility index (Phi) is 8.96. The lowest BCUT2D eigenvalue weighted by Crippen LogP contribution is -2.30. The van der Waals surface area contributed by atoms with Crippen molar-refractivity contribution in [3.8, 4) is 5.75 Å². The number of amides is 1. The molecule has 9 heteroatoms. The van der Waals surface area contributed by atoms with Crippen molar-refractivity contribution in [2.45, 2.75) is 32.6 Å². The van der Waals surface area contributed by atoms with Crippen molar-refractivity contribution in [3.05, 3.63) is 30.4 Å². The summed E-state index contributed by atoms with van der Waals surface area (Å²) in [4.78, 5) is 23.4. The van der Waals surface area contributed by atoms with Gasteiger partial charge < -0.3 is 14.8 Å². The van der Waals surface area contributed by atoms with E-state index in [-0.39, 0.29) is 10.6 Å². The Morgan fingerprint density at radius 3 is 2.41 bits per heavy atom. The quantitative estimate of drug-likeness (QED) is 0.479. The summed E-state index contributed by atoms with van der Waals surface area (Å²) in [5.74, 6) is -0.925. The van der Waals surface area contributed by atoms with Crippen molar-refractivity contribution >= 4 is 27.6 Å². The molecule has 0 aliphatic carbocycles. The molecule has 0 spiro atoms. The van der Waals surface area contributed by atoms with Crippen molar-refractivity contribution < 1.29 is 27.5 Å². The predicted molar refractivity (Wildman–Crippen MR) is 102 cm³/mol. The number of rotatable bonds is 10. The molecule has 1 N–H and O–H groups in total. The van der Waals surface area contributed by atoms with Gasteiger partial charge in [0.25, 0.3) is 5.91 Å². The molecule has 150 valence electrons. The second-order valence-corrected chi connectivity index (χ2v) is 7.27. The summed E-state index contributed by atoms with van der Waals surface area (Å²) in [6.07, 6.45) is 2.69. The van der Waals surface area contributed by atoms with Gasteiger partial charge >= 0.3 is 5.97 Å². The van der Waals surface area contributed by atoms with Gasteiger partial charge in [-0.05, 0) is 32.0 Å². The molecular formula is C18H26N2O6S. The third-order valence-corrected chi connectivity index (χ3v) is 5.56. The fraction of sp³-hybridized carbons (Fsp3) is 0.444. The van der Waals surface area contributed by atoms with E-state index in [9.17, 15) is 18.0 Å². The van der Waals surface area contributed by atoms with Crippen molar-refractivity contribution in [1.29, 1.82) is 0 Å². The average Bonchev–Trinajstić information content (AvgIpc) is 2.62. The lowest BCUT2D eigenvalue weighted by molar-refractivity contribution is -0.142. The maximum atomic E-state index is 12.7. The Bertz CT molecular complexity index is 785. The first-order valence-electron chi connectivity index (χ1n) is 8.66. The maximum Gasteiger partial charge on any atom is 0.330 e. The first-order valence-corrected chi connectivity index (χ1v) is 10.1. The van der Waals surface area contributed by atoms with Gasteiger partial charge in [-0.3, -0.25) is 4.79 Å². The summed E-state index contributed by atoms with van der Waals surface area (Å²) in [5, 5.41) is 2.53. The van der Waals surface area contributed by atoms with E-state index >= 15 is 0 Å². The highest BCUT2D eigenvalue weighted by molar-refractivity contribution is 7.89. The van der Waals surface area contributed by atoms with Gasteiger partial charge in [-0.25, -0.2) is 13.2 Å². The normalized spacial score (nSPS) is 11.6. The minimum absolute atomic E-state index is 0.0378. The van der Waals surface area contributed by atoms with Crippen LogP contribution in [0, 0.1) is 0 Å². The number of benzene rings is 1. The molecule has 1 amide bonds. The third-order valence-electron chi connectivity index (χ3n) is 3.52. The number of allylic oxidation sites excluding steroid dienone is 1. The predicted octanol–water partition coefficient (Wildman–Crippen LogP) is 2.17. The maximum absolute atomic E-state index is 12.7. The summed E-state index contributed by atoms with van der Waals surface area (Å²) in [6.45, 7) is 7.41. The topological polar surface area (TPSA) is 102 Å². The molecule has 8 nitrogen and oxygen atoms in total. The van der Waals surface area contributed by atoms with Gasteiger partial charge in [0.1, 0.15) is 5.75 Å². The Morgan fingerprint density at radius 2 is 1.85 bits per heavy atom. The van der Waals surface area contributed by atoms with Gasteiger partial charge in [0.2, 0.25) is 10.0 Å². The average molecular weight is 398 g/mol. The van der Waals surface area contributed by atoms with Crippen molar-refractivity contribution in [2.75, 3.05) is 31.6 Å². The van der Waals surface area contributed by atoms with Crippen LogP contribution in [-0.2, 0) is 24.3 Å². The largest absolute Gasteiger partial charge is 0.492 e. The summed E-state index contributed by atoms with van der Waals surface area (Å²) in [7, 11) is -3.69. The molecule has 1 aromatic rings. The van der Waals surface area contributed by atoms with E-state index in [2.05, 4.69) is 5.32 Å². The van der Waals surface area contributed by atoms with Gasteiger partial charge in [-0.15, -0.1) is 0 Å². The van der Waals surface area contributed by atoms with E-state index in [0.29, 0.717) is 25.4 Å². The zero-order valence-electron chi connectivity index (χ0n) is 16.0. The van der Waals surface area contributed by atoms with Crippen LogP contribution >= 0.6 is 0 Å². The molecule has 1 rings (SSSR count). The summed E-state index contributed by atoms with van der Waals surface area (Å²) < 4.78 is 36.9. The van der Waals surface area contributed by atoms with Crippen LogP contribution in [0.4, 0.5) is 5.69 Å². The molecule has 0 heterocycles. The number of carbonyl (C=O) groups excluding carboxylic acids is 2. The summed E-state index contributed by atoms with van der Waals surface area (Å²) in [5.41, 5.74) is 0.192. The minimum atomic E-state index is -3.69. The number of esters is 1. The smallest absolute Gasteiger partial charge is 0.330 e. The van der Waals surface area contributed by atoms with E-state index in [1.807, 2.05) is 0 Å². The van der Waals surface area contributed by atoms with Gasteiger partial charge in [-0.2, -0.15) is 4.31 Å². The van der Waals surface area contributed by atoms with Crippen LogP contribution in [0.3, 0.4) is 0 Å². The number of nitrogens with one attached hydrogen (secondary N) is 1. The molecule has 0 unspecified atom stereocenters. The van der Waals surface area contributed by atoms with Crippen LogP contribution in [0.25, 0.3) is 0 Å². The molecular weight excluding hydrogens is 372 g/mol. The standard InChI is InChI=1S/C18H26N2O6S/c1-5-9-18(22)26-13-17(21)19-15-12-14(10-11-16(15)25-8-4)27(23,24)20(6-2)7-3/h5,9-12H,6-8,13H2,1-4H3,(H,19,21)/b9-5+. The molecule has 0 aliphatic rings. The summed E-state index contributed by atoms with van der Waals surface area (Å²) >= 11 is 0. The first-order chi connectivity index (χ1) is 12.8. The van der Waals surface area contributed by atoms with E-state index in [0.717, 1.165) is 0 Å². The molecule has 0 atom stereocenters. The molecule has 27 heavy (non-hydrogen) atoms. The number of carbonyl (C=O) groups is 2. The number of nitrogens with zero attached hydrogens (tertiary/aromatic N) is 1. The Balaban J connectivity index is 3.09. The molecule has 0 bridgehead atoms. The van der Waals surface area contributed by atoms with Gasteiger partial charge in [0, 0.05) is 19.2 Å². The summed E-state index contributed by atoms with van der Waals surface area (Å²) in [6, 6.07) is 4.26. The Hall–Kier alpha value is -2.39. The second-order valence-electron chi connectivity index (χ2n) is 5.34. The van der Waals surface area contributed by atoms with Crippen LogP contribution in [0.5, 0.6) is 5.75 Å². The number of hydrogen-bond donors (Lipinski definition) is 1. The van der Waals surface area contributed by atoms with Gasteiger partial charge in [0.05, 0.1) is 17.2 Å². The van der Waals surface area contributed by atoms with Crippen molar-refractivity contribution in [1.82, 2.24) is 4.31 Å². The number of sulfonamides is 1. The molecule has 0 aliphatic heterocycles. The highest BCUT2D eigenvalue weighted by Gasteiger charge is 2.23. The monoisotopic (exact) mass is 398 g/mol. The minimum Gasteiger partial charge on any atom is -0.492 e. The lowest BCUT2D eigenvalue weighted by atomic mass is 10.3. The fourth-order valence-electron chi connectivity index (χ4n) is 2.27. The van der Waals surface area contributed by atoms with E-state index in [1.165, 1.54) is 34.7 Å². The first kappa shape index (κ1) is 22.7. The van der Waals surface area contributed by atoms with Gasteiger partial charge in [0.15, 0.2) is 6.61 Å². The van der Waals surface area contributed by atoms with E-state index in [1.54, 1.807) is 27.7 Å². The van der Waals surface area contributed by atoms with Crippen LogP contribution in [0.15, 0.2) is 35.2 Å². The van der Waals surface area contributed by atoms with Crippen LogP contribution in [-0.4, -0.2) is 50.9 Å². The Labute approximate surface area is 160 Å². The molecule has 0 aromatic heterocycles. The second kappa shape index (κ2) is 10.7.